The van der Waals surface area contributed by atoms with Crippen LogP contribution in [0.4, 0.5) is 4.79 Å². The number of carbonyl (C=O) groups is 2. The fourth-order valence-electron chi connectivity index (χ4n) is 2.75. The van der Waals surface area contributed by atoms with Gasteiger partial charge in [0.1, 0.15) is 12.6 Å². The molecule has 1 amide bonds. The maximum absolute atomic E-state index is 12.0. The number of ether oxygens (including phenoxy) is 1. The minimum absolute atomic E-state index is 0.0833. The van der Waals surface area contributed by atoms with Crippen molar-refractivity contribution in [3.05, 3.63) is 77.5 Å². The predicted molar refractivity (Wildman–Crippen MR) is 101 cm³/mol. The van der Waals surface area contributed by atoms with Crippen molar-refractivity contribution in [3.8, 4) is 0 Å². The first-order chi connectivity index (χ1) is 13.0. The van der Waals surface area contributed by atoms with Crippen LogP contribution in [0.2, 0.25) is 0 Å². The van der Waals surface area contributed by atoms with E-state index in [9.17, 15) is 14.7 Å². The molecule has 1 aromatic heterocycles. The van der Waals surface area contributed by atoms with Gasteiger partial charge in [0.2, 0.25) is 0 Å². The van der Waals surface area contributed by atoms with Crippen molar-refractivity contribution in [2.45, 2.75) is 26.0 Å². The highest BCUT2D eigenvalue weighted by molar-refractivity contribution is 5.82. The number of carboxylic acid groups (broad SMARTS) is 1. The van der Waals surface area contributed by atoms with Gasteiger partial charge >= 0.3 is 12.1 Å². The lowest BCUT2D eigenvalue weighted by Gasteiger charge is -2.15. The Hall–Kier alpha value is -3.41. The van der Waals surface area contributed by atoms with Crippen LogP contribution >= 0.6 is 0 Å². The molecule has 0 radical (unpaired) electrons. The van der Waals surface area contributed by atoms with Gasteiger partial charge in [-0.3, -0.25) is 4.98 Å². The molecule has 1 heterocycles. The van der Waals surface area contributed by atoms with E-state index in [1.54, 1.807) is 0 Å². The maximum Gasteiger partial charge on any atom is 0.408 e. The number of benzene rings is 2. The summed E-state index contributed by atoms with van der Waals surface area (Å²) in [5, 5.41) is 12.8. The van der Waals surface area contributed by atoms with Gasteiger partial charge in [-0.05, 0) is 36.2 Å². The number of carboxylic acids is 1. The Morgan fingerprint density at radius 1 is 1.07 bits per heavy atom. The van der Waals surface area contributed by atoms with E-state index in [0.717, 1.165) is 27.7 Å². The predicted octanol–water partition coefficient (Wildman–Crippen LogP) is 3.47. The second kappa shape index (κ2) is 8.31. The molecule has 6 nitrogen and oxygen atoms in total. The molecule has 0 fully saturated rings. The molecule has 6 heteroatoms. The maximum atomic E-state index is 12.0. The molecule has 2 aromatic carbocycles. The normalized spacial score (nSPS) is 11.7. The van der Waals surface area contributed by atoms with Crippen LogP contribution in [0, 0.1) is 6.92 Å². The SMILES string of the molecule is Cc1ccc2cc(C[C@H](NC(=O)OCc3ccccc3)C(=O)O)ccc2n1. The number of nitrogens with zero attached hydrogens (tertiary/aromatic N) is 1. The van der Waals surface area contributed by atoms with Crippen molar-refractivity contribution >= 4 is 23.0 Å². The van der Waals surface area contributed by atoms with Gasteiger partial charge in [0.15, 0.2) is 0 Å². The first-order valence-corrected chi connectivity index (χ1v) is 8.57. The molecule has 138 valence electrons. The summed E-state index contributed by atoms with van der Waals surface area (Å²) in [5.74, 6) is -1.12. The lowest BCUT2D eigenvalue weighted by Crippen LogP contribution is -2.42. The third-order valence-corrected chi connectivity index (χ3v) is 4.14. The van der Waals surface area contributed by atoms with E-state index in [0.29, 0.717) is 0 Å². The number of hydrogen-bond donors (Lipinski definition) is 2. The summed E-state index contributed by atoms with van der Waals surface area (Å²) in [5.41, 5.74) is 3.39. The first kappa shape index (κ1) is 18.4. The third-order valence-electron chi connectivity index (χ3n) is 4.14. The number of alkyl carbamates (subject to hydrolysis) is 1. The fourth-order valence-corrected chi connectivity index (χ4v) is 2.75. The van der Waals surface area contributed by atoms with E-state index in [4.69, 9.17) is 4.74 Å². The van der Waals surface area contributed by atoms with Crippen molar-refractivity contribution in [3.63, 3.8) is 0 Å². The van der Waals surface area contributed by atoms with Crippen LogP contribution < -0.4 is 5.32 Å². The molecule has 0 aliphatic rings. The smallest absolute Gasteiger partial charge is 0.408 e. The highest BCUT2D eigenvalue weighted by Gasteiger charge is 2.21. The van der Waals surface area contributed by atoms with Crippen molar-refractivity contribution in [1.29, 1.82) is 0 Å². The van der Waals surface area contributed by atoms with Crippen LogP contribution in [0.15, 0.2) is 60.7 Å². The average Bonchev–Trinajstić information content (AvgIpc) is 2.66. The molecule has 3 aromatic rings. The van der Waals surface area contributed by atoms with Gasteiger partial charge in [0.05, 0.1) is 5.52 Å². The molecule has 0 saturated carbocycles. The van der Waals surface area contributed by atoms with Gasteiger partial charge in [-0.25, -0.2) is 9.59 Å². The van der Waals surface area contributed by atoms with Crippen LogP contribution in [0.5, 0.6) is 0 Å². The Morgan fingerprint density at radius 2 is 1.85 bits per heavy atom. The summed E-state index contributed by atoms with van der Waals surface area (Å²) >= 11 is 0. The zero-order chi connectivity index (χ0) is 19.2. The number of fused-ring (bicyclic) bond motifs is 1. The number of nitrogens with one attached hydrogen (secondary N) is 1. The number of aliphatic carboxylic acids is 1. The quantitative estimate of drug-likeness (QED) is 0.699. The summed E-state index contributed by atoms with van der Waals surface area (Å²) in [7, 11) is 0. The Labute approximate surface area is 156 Å². The molecule has 27 heavy (non-hydrogen) atoms. The minimum Gasteiger partial charge on any atom is -0.480 e. The van der Waals surface area contributed by atoms with Crippen molar-refractivity contribution < 1.29 is 19.4 Å². The fraction of sp³-hybridized carbons (Fsp3) is 0.190. The summed E-state index contributed by atoms with van der Waals surface area (Å²) < 4.78 is 5.11. The highest BCUT2D eigenvalue weighted by Crippen LogP contribution is 2.16. The number of pyridine rings is 1. The van der Waals surface area contributed by atoms with E-state index in [-0.39, 0.29) is 13.0 Å². The van der Waals surface area contributed by atoms with Gasteiger partial charge < -0.3 is 15.2 Å². The molecule has 0 bridgehead atoms. The molecular formula is C21H20N2O4. The van der Waals surface area contributed by atoms with Crippen molar-refractivity contribution in [2.24, 2.45) is 0 Å². The summed E-state index contributed by atoms with van der Waals surface area (Å²) in [6, 6.07) is 17.5. The topological polar surface area (TPSA) is 88.5 Å². The Bertz CT molecular complexity index is 957. The second-order valence-corrected chi connectivity index (χ2v) is 6.28. The zero-order valence-electron chi connectivity index (χ0n) is 14.9. The Balaban J connectivity index is 1.64. The standard InChI is InChI=1S/C21H20N2O4/c1-14-7-9-17-11-16(8-10-18(17)22-14)12-19(20(24)25)23-21(26)27-13-15-5-3-2-4-6-15/h2-11,19H,12-13H2,1H3,(H,23,26)(H,24,25)/t19-/m0/s1. The monoisotopic (exact) mass is 364 g/mol. The number of aromatic nitrogens is 1. The molecule has 0 unspecified atom stereocenters. The van der Waals surface area contributed by atoms with E-state index in [1.807, 2.05) is 67.6 Å². The molecule has 0 saturated heterocycles. The van der Waals surface area contributed by atoms with Crippen LogP contribution in [-0.4, -0.2) is 28.2 Å². The first-order valence-electron chi connectivity index (χ1n) is 8.57. The molecular weight excluding hydrogens is 344 g/mol. The van der Waals surface area contributed by atoms with E-state index >= 15 is 0 Å². The number of aryl methyl sites for hydroxylation is 1. The molecule has 0 spiro atoms. The van der Waals surface area contributed by atoms with Gasteiger partial charge in [-0.1, -0.05) is 42.5 Å². The van der Waals surface area contributed by atoms with Crippen LogP contribution in [-0.2, 0) is 22.6 Å². The zero-order valence-corrected chi connectivity index (χ0v) is 14.9. The number of carbonyl (C=O) groups excluding carboxylic acids is 1. The molecule has 0 aliphatic carbocycles. The Kier molecular flexibility index (Phi) is 5.66. The van der Waals surface area contributed by atoms with E-state index in [2.05, 4.69) is 10.3 Å². The summed E-state index contributed by atoms with van der Waals surface area (Å²) in [6.07, 6.45) is -0.608. The third kappa shape index (κ3) is 5.04. The number of rotatable bonds is 6. The summed E-state index contributed by atoms with van der Waals surface area (Å²) in [6.45, 7) is 2.00. The van der Waals surface area contributed by atoms with Crippen LogP contribution in [0.3, 0.4) is 0 Å². The van der Waals surface area contributed by atoms with Crippen molar-refractivity contribution in [1.82, 2.24) is 10.3 Å². The van der Waals surface area contributed by atoms with Gasteiger partial charge in [-0.2, -0.15) is 0 Å². The van der Waals surface area contributed by atoms with Gasteiger partial charge in [0, 0.05) is 17.5 Å². The largest absolute Gasteiger partial charge is 0.480 e. The minimum atomic E-state index is -1.12. The van der Waals surface area contributed by atoms with E-state index in [1.165, 1.54) is 0 Å². The second-order valence-electron chi connectivity index (χ2n) is 6.28. The molecule has 1 atom stereocenters. The number of hydrogen-bond acceptors (Lipinski definition) is 4. The Morgan fingerprint density at radius 3 is 2.59 bits per heavy atom. The number of amides is 1. The van der Waals surface area contributed by atoms with Crippen LogP contribution in [0.25, 0.3) is 10.9 Å². The molecule has 2 N–H and O–H groups in total. The van der Waals surface area contributed by atoms with E-state index < -0.39 is 18.1 Å². The van der Waals surface area contributed by atoms with Crippen LogP contribution in [0.1, 0.15) is 16.8 Å². The highest BCUT2D eigenvalue weighted by atomic mass is 16.5. The molecule has 3 rings (SSSR count). The molecule has 0 aliphatic heterocycles. The van der Waals surface area contributed by atoms with Gasteiger partial charge in [-0.15, -0.1) is 0 Å². The lowest BCUT2D eigenvalue weighted by molar-refractivity contribution is -0.139. The lowest BCUT2D eigenvalue weighted by atomic mass is 10.0. The summed E-state index contributed by atoms with van der Waals surface area (Å²) in [4.78, 5) is 27.9. The van der Waals surface area contributed by atoms with Gasteiger partial charge in [0.25, 0.3) is 0 Å². The average molecular weight is 364 g/mol. The van der Waals surface area contributed by atoms with Crippen molar-refractivity contribution in [2.75, 3.05) is 0 Å².